The van der Waals surface area contributed by atoms with Gasteiger partial charge in [-0.05, 0) is 57.3 Å². The predicted molar refractivity (Wildman–Crippen MR) is 60.1 cm³/mol. The molecule has 2 nitrogen and oxygen atoms in total. The molecule has 0 unspecified atom stereocenters. The Kier molecular flexibility index (Phi) is 3.81. The SMILES string of the molecule is Oc1c(I)ccc(I)c1OCF. The molecule has 12 heavy (non-hydrogen) atoms. The lowest BCUT2D eigenvalue weighted by atomic mass is 10.3. The van der Waals surface area contributed by atoms with Crippen LogP contribution in [0.2, 0.25) is 0 Å². The van der Waals surface area contributed by atoms with Gasteiger partial charge in [0, 0.05) is 0 Å². The number of hydrogen-bond donors (Lipinski definition) is 1. The molecule has 0 amide bonds. The molecule has 0 radical (unpaired) electrons. The van der Waals surface area contributed by atoms with Gasteiger partial charge in [-0.1, -0.05) is 0 Å². The third kappa shape index (κ3) is 2.12. The van der Waals surface area contributed by atoms with Gasteiger partial charge in [0.1, 0.15) is 0 Å². The molecule has 5 heteroatoms. The third-order valence-electron chi connectivity index (χ3n) is 1.23. The van der Waals surface area contributed by atoms with Gasteiger partial charge in [0.05, 0.1) is 7.14 Å². The zero-order valence-electron chi connectivity index (χ0n) is 5.85. The van der Waals surface area contributed by atoms with E-state index in [-0.39, 0.29) is 11.5 Å². The van der Waals surface area contributed by atoms with Crippen molar-refractivity contribution in [3.8, 4) is 11.5 Å². The molecule has 1 rings (SSSR count). The molecule has 0 heterocycles. The van der Waals surface area contributed by atoms with Crippen LogP contribution in [-0.4, -0.2) is 12.0 Å². The molecule has 0 aliphatic heterocycles. The Labute approximate surface area is 96.4 Å². The van der Waals surface area contributed by atoms with Crippen LogP contribution in [0.25, 0.3) is 0 Å². The highest BCUT2D eigenvalue weighted by Gasteiger charge is 2.10. The molecule has 66 valence electrons. The largest absolute Gasteiger partial charge is 0.503 e. The van der Waals surface area contributed by atoms with Crippen LogP contribution < -0.4 is 4.74 Å². The minimum atomic E-state index is -0.927. The van der Waals surface area contributed by atoms with Gasteiger partial charge in [0.25, 0.3) is 0 Å². The average Bonchev–Trinajstić information content (AvgIpc) is 2.06. The molecule has 0 saturated carbocycles. The van der Waals surface area contributed by atoms with Crippen molar-refractivity contribution in [2.45, 2.75) is 0 Å². The molecule has 0 saturated heterocycles. The zero-order chi connectivity index (χ0) is 9.14. The van der Waals surface area contributed by atoms with E-state index in [0.29, 0.717) is 7.14 Å². The fraction of sp³-hybridized carbons (Fsp3) is 0.143. The first-order valence-corrected chi connectivity index (χ1v) is 5.18. The monoisotopic (exact) mass is 394 g/mol. The summed E-state index contributed by atoms with van der Waals surface area (Å²) in [6.07, 6.45) is 0. The molecule has 1 aromatic rings. The molecule has 0 fully saturated rings. The van der Waals surface area contributed by atoms with Crippen molar-refractivity contribution < 1.29 is 14.2 Å². The van der Waals surface area contributed by atoms with Crippen molar-refractivity contribution in [2.75, 3.05) is 6.86 Å². The van der Waals surface area contributed by atoms with Gasteiger partial charge >= 0.3 is 0 Å². The van der Waals surface area contributed by atoms with Crippen LogP contribution in [0.3, 0.4) is 0 Å². The minimum absolute atomic E-state index is 0.000139. The number of benzene rings is 1. The Bertz CT molecular complexity index is 291. The predicted octanol–water partition coefficient (Wildman–Crippen LogP) is 2.91. The lowest BCUT2D eigenvalue weighted by molar-refractivity contribution is 0.184. The molecule has 1 aromatic carbocycles. The molecule has 0 aliphatic carbocycles. The molecule has 0 bridgehead atoms. The number of aromatic hydroxyl groups is 1. The van der Waals surface area contributed by atoms with Crippen LogP contribution in [0, 0.1) is 7.14 Å². The summed E-state index contributed by atoms with van der Waals surface area (Å²) in [5.41, 5.74) is 0. The lowest BCUT2D eigenvalue weighted by Gasteiger charge is -2.07. The standard InChI is InChI=1S/C7H5FI2O2/c8-3-12-7-5(10)2-1-4(9)6(7)11/h1-2,11H,3H2. The van der Waals surface area contributed by atoms with Crippen molar-refractivity contribution in [1.82, 2.24) is 0 Å². The molecule has 1 N–H and O–H groups in total. The fourth-order valence-electron chi connectivity index (χ4n) is 0.714. The second-order valence-electron chi connectivity index (χ2n) is 1.96. The summed E-state index contributed by atoms with van der Waals surface area (Å²) in [4.78, 5) is 0. The van der Waals surface area contributed by atoms with Crippen molar-refractivity contribution >= 4 is 45.2 Å². The van der Waals surface area contributed by atoms with Crippen molar-refractivity contribution in [3.63, 3.8) is 0 Å². The summed E-state index contributed by atoms with van der Waals surface area (Å²) in [7, 11) is 0. The van der Waals surface area contributed by atoms with E-state index in [0.717, 1.165) is 0 Å². The zero-order valence-corrected chi connectivity index (χ0v) is 10.2. The molecule has 0 aromatic heterocycles. The fourth-order valence-corrected chi connectivity index (χ4v) is 1.73. The van der Waals surface area contributed by atoms with Crippen LogP contribution in [-0.2, 0) is 0 Å². The number of phenols is 1. The highest BCUT2D eigenvalue weighted by Crippen LogP contribution is 2.35. The Balaban J connectivity index is 3.14. The Morgan fingerprint density at radius 2 is 1.92 bits per heavy atom. The van der Waals surface area contributed by atoms with E-state index in [1.54, 1.807) is 12.1 Å². The Morgan fingerprint density at radius 1 is 1.33 bits per heavy atom. The maximum atomic E-state index is 11.8. The first kappa shape index (κ1) is 10.3. The quantitative estimate of drug-likeness (QED) is 0.783. The van der Waals surface area contributed by atoms with E-state index in [1.807, 2.05) is 45.2 Å². The molecular formula is C7H5FI2O2. The second kappa shape index (κ2) is 4.45. The van der Waals surface area contributed by atoms with Gasteiger partial charge in [0.15, 0.2) is 11.5 Å². The molecule has 0 spiro atoms. The maximum Gasteiger partial charge on any atom is 0.228 e. The number of phenolic OH excluding ortho intramolecular Hbond substituents is 1. The first-order valence-electron chi connectivity index (χ1n) is 3.02. The Hall–Kier alpha value is 0.210. The highest BCUT2D eigenvalue weighted by atomic mass is 127. The summed E-state index contributed by atoms with van der Waals surface area (Å²) in [6, 6.07) is 3.50. The van der Waals surface area contributed by atoms with E-state index < -0.39 is 6.86 Å². The summed E-state index contributed by atoms with van der Waals surface area (Å²) >= 11 is 3.92. The van der Waals surface area contributed by atoms with E-state index in [9.17, 15) is 9.50 Å². The normalized spacial score (nSPS) is 9.92. The molecular weight excluding hydrogens is 389 g/mol. The van der Waals surface area contributed by atoms with E-state index in [4.69, 9.17) is 0 Å². The van der Waals surface area contributed by atoms with Gasteiger partial charge in [-0.2, -0.15) is 0 Å². The number of halogens is 3. The van der Waals surface area contributed by atoms with Crippen molar-refractivity contribution in [3.05, 3.63) is 19.3 Å². The van der Waals surface area contributed by atoms with Gasteiger partial charge < -0.3 is 9.84 Å². The van der Waals surface area contributed by atoms with Crippen LogP contribution in [0.15, 0.2) is 12.1 Å². The maximum absolute atomic E-state index is 11.8. The van der Waals surface area contributed by atoms with Crippen LogP contribution in [0.5, 0.6) is 11.5 Å². The topological polar surface area (TPSA) is 29.5 Å². The van der Waals surface area contributed by atoms with Gasteiger partial charge in [-0.25, -0.2) is 4.39 Å². The van der Waals surface area contributed by atoms with Crippen LogP contribution >= 0.6 is 45.2 Å². The smallest absolute Gasteiger partial charge is 0.228 e. The number of rotatable bonds is 2. The van der Waals surface area contributed by atoms with E-state index >= 15 is 0 Å². The third-order valence-corrected chi connectivity index (χ3v) is 2.95. The van der Waals surface area contributed by atoms with Crippen LogP contribution in [0.4, 0.5) is 4.39 Å². The summed E-state index contributed by atoms with van der Waals surface area (Å²) in [5.74, 6) is 0.213. The van der Waals surface area contributed by atoms with Gasteiger partial charge in [-0.3, -0.25) is 0 Å². The van der Waals surface area contributed by atoms with Crippen molar-refractivity contribution in [1.29, 1.82) is 0 Å². The minimum Gasteiger partial charge on any atom is -0.503 e. The lowest BCUT2D eigenvalue weighted by Crippen LogP contribution is -1.94. The van der Waals surface area contributed by atoms with Crippen LogP contribution in [0.1, 0.15) is 0 Å². The van der Waals surface area contributed by atoms with Gasteiger partial charge in [0.2, 0.25) is 6.86 Å². The van der Waals surface area contributed by atoms with Gasteiger partial charge in [-0.15, -0.1) is 0 Å². The summed E-state index contributed by atoms with van der Waals surface area (Å²) in [6.45, 7) is -0.927. The van der Waals surface area contributed by atoms with E-state index in [1.165, 1.54) is 0 Å². The summed E-state index contributed by atoms with van der Waals surface area (Å²) < 4.78 is 17.8. The Morgan fingerprint density at radius 3 is 2.50 bits per heavy atom. The second-order valence-corrected chi connectivity index (χ2v) is 4.28. The molecule has 0 atom stereocenters. The first-order chi connectivity index (χ1) is 5.66. The number of alkyl halides is 1. The summed E-state index contributed by atoms with van der Waals surface area (Å²) in [5, 5.41) is 9.41. The van der Waals surface area contributed by atoms with E-state index in [2.05, 4.69) is 4.74 Å². The van der Waals surface area contributed by atoms with Crippen molar-refractivity contribution in [2.24, 2.45) is 0 Å². The number of hydrogen-bond acceptors (Lipinski definition) is 2. The average molecular weight is 394 g/mol. The highest BCUT2D eigenvalue weighted by molar-refractivity contribution is 14.1. The molecule has 0 aliphatic rings. The number of ether oxygens (including phenoxy) is 1.